The van der Waals surface area contributed by atoms with E-state index < -0.39 is 5.41 Å². The average Bonchev–Trinajstić information content (AvgIpc) is 2.68. The van der Waals surface area contributed by atoms with Crippen molar-refractivity contribution in [3.8, 4) is 11.1 Å². The molecule has 4 rings (SSSR count). The maximum atomic E-state index is 12.7. The fraction of sp³-hybridized carbons (Fsp3) is 0.435. The highest BCUT2D eigenvalue weighted by Crippen LogP contribution is 2.37. The molecule has 0 unspecified atom stereocenters. The van der Waals surface area contributed by atoms with Crippen molar-refractivity contribution in [3.05, 3.63) is 54.4 Å². The first-order chi connectivity index (χ1) is 13.6. The highest BCUT2D eigenvalue weighted by molar-refractivity contribution is 5.84. The van der Waals surface area contributed by atoms with Gasteiger partial charge in [-0.15, -0.1) is 0 Å². The van der Waals surface area contributed by atoms with Gasteiger partial charge in [-0.25, -0.2) is 0 Å². The molecule has 1 atom stereocenters. The number of carbonyl (C=O) groups excluding carboxylic acids is 2. The third-order valence-electron chi connectivity index (χ3n) is 6.36. The number of amides is 2. The van der Waals surface area contributed by atoms with Crippen LogP contribution in [-0.2, 0) is 16.0 Å². The summed E-state index contributed by atoms with van der Waals surface area (Å²) in [7, 11) is 0. The van der Waals surface area contributed by atoms with Gasteiger partial charge in [-0.1, -0.05) is 36.8 Å². The summed E-state index contributed by atoms with van der Waals surface area (Å²) in [6.45, 7) is 1.19. The standard InChI is InChI=1S/C23H27N3O2/c24-22(28)23(11-3-13-26(16-23)21(27)19-4-1-5-19)14-17-7-9-18(10-8-17)20-6-2-12-25-15-20/h2,6-10,12,15,19H,1,3-5,11,13-14,16H2,(H2,24,28)/t23-/m0/s1. The normalized spacial score (nSPS) is 22.5. The summed E-state index contributed by atoms with van der Waals surface area (Å²) in [4.78, 5) is 31.2. The number of piperidine rings is 1. The zero-order valence-corrected chi connectivity index (χ0v) is 16.1. The number of hydrogen-bond donors (Lipinski definition) is 1. The fourth-order valence-corrected chi connectivity index (χ4v) is 4.41. The predicted molar refractivity (Wildman–Crippen MR) is 108 cm³/mol. The van der Waals surface area contributed by atoms with Gasteiger partial charge in [-0.3, -0.25) is 14.6 Å². The lowest BCUT2D eigenvalue weighted by Gasteiger charge is -2.43. The van der Waals surface area contributed by atoms with Gasteiger partial charge in [0, 0.05) is 31.4 Å². The lowest BCUT2D eigenvalue weighted by atomic mass is 9.73. The first-order valence-corrected chi connectivity index (χ1v) is 10.2. The number of primary amides is 1. The summed E-state index contributed by atoms with van der Waals surface area (Å²) >= 11 is 0. The van der Waals surface area contributed by atoms with Gasteiger partial charge in [-0.2, -0.15) is 0 Å². The second kappa shape index (κ2) is 7.74. The number of likely N-dealkylation sites (tertiary alicyclic amines) is 1. The smallest absolute Gasteiger partial charge is 0.225 e. The molecule has 5 nitrogen and oxygen atoms in total. The Hall–Kier alpha value is -2.69. The van der Waals surface area contributed by atoms with Gasteiger partial charge < -0.3 is 10.6 Å². The van der Waals surface area contributed by atoms with E-state index in [2.05, 4.69) is 29.2 Å². The number of aromatic nitrogens is 1. The zero-order chi connectivity index (χ0) is 19.6. The Morgan fingerprint density at radius 3 is 2.50 bits per heavy atom. The monoisotopic (exact) mass is 377 g/mol. The molecule has 2 heterocycles. The molecule has 5 heteroatoms. The topological polar surface area (TPSA) is 76.3 Å². The largest absolute Gasteiger partial charge is 0.369 e. The second-order valence-electron chi connectivity index (χ2n) is 8.25. The number of nitrogens with two attached hydrogens (primary N) is 1. The summed E-state index contributed by atoms with van der Waals surface area (Å²) in [6.07, 6.45) is 8.83. The molecule has 1 aromatic heterocycles. The van der Waals surface area contributed by atoms with Crippen LogP contribution in [0.5, 0.6) is 0 Å². The fourth-order valence-electron chi connectivity index (χ4n) is 4.41. The van der Waals surface area contributed by atoms with Gasteiger partial charge in [0.2, 0.25) is 11.8 Å². The minimum atomic E-state index is -0.673. The van der Waals surface area contributed by atoms with Crippen molar-refractivity contribution >= 4 is 11.8 Å². The Morgan fingerprint density at radius 2 is 1.89 bits per heavy atom. The maximum absolute atomic E-state index is 12.7. The Kier molecular flexibility index (Phi) is 5.16. The molecule has 1 aromatic carbocycles. The molecule has 1 aliphatic heterocycles. The van der Waals surface area contributed by atoms with E-state index in [9.17, 15) is 9.59 Å². The van der Waals surface area contributed by atoms with Crippen molar-refractivity contribution in [2.24, 2.45) is 17.1 Å². The van der Waals surface area contributed by atoms with Crippen molar-refractivity contribution in [3.63, 3.8) is 0 Å². The number of pyridine rings is 1. The molecule has 0 bridgehead atoms. The summed E-state index contributed by atoms with van der Waals surface area (Å²) in [6, 6.07) is 12.2. The molecule has 1 saturated carbocycles. The van der Waals surface area contributed by atoms with Crippen LogP contribution in [0.25, 0.3) is 11.1 Å². The zero-order valence-electron chi connectivity index (χ0n) is 16.1. The molecule has 2 fully saturated rings. The Balaban J connectivity index is 1.51. The summed E-state index contributed by atoms with van der Waals surface area (Å²) in [5.74, 6) is 0.0703. The van der Waals surface area contributed by atoms with Crippen LogP contribution in [0.1, 0.15) is 37.7 Å². The summed E-state index contributed by atoms with van der Waals surface area (Å²) < 4.78 is 0. The van der Waals surface area contributed by atoms with Crippen LogP contribution in [0.15, 0.2) is 48.8 Å². The number of rotatable bonds is 5. The van der Waals surface area contributed by atoms with Crippen molar-refractivity contribution < 1.29 is 9.59 Å². The van der Waals surface area contributed by atoms with Crippen molar-refractivity contribution in [2.45, 2.75) is 38.5 Å². The van der Waals surface area contributed by atoms with Crippen molar-refractivity contribution in [1.82, 2.24) is 9.88 Å². The van der Waals surface area contributed by atoms with E-state index in [-0.39, 0.29) is 17.7 Å². The molecule has 0 radical (unpaired) electrons. The summed E-state index contributed by atoms with van der Waals surface area (Å²) in [5.41, 5.74) is 8.43. The van der Waals surface area contributed by atoms with Crippen molar-refractivity contribution in [1.29, 1.82) is 0 Å². The SMILES string of the molecule is NC(=O)[C@]1(Cc2ccc(-c3cccnc3)cc2)CCCN(C(=O)C2CCC2)C1. The van der Waals surface area contributed by atoms with Gasteiger partial charge in [0.1, 0.15) is 0 Å². The molecule has 1 aliphatic carbocycles. The summed E-state index contributed by atoms with van der Waals surface area (Å²) in [5, 5.41) is 0. The highest BCUT2D eigenvalue weighted by atomic mass is 16.2. The molecule has 2 amide bonds. The molecule has 2 aliphatic rings. The van der Waals surface area contributed by atoms with Gasteiger partial charge in [0.05, 0.1) is 5.41 Å². The van der Waals surface area contributed by atoms with Crippen LogP contribution in [-0.4, -0.2) is 34.8 Å². The van der Waals surface area contributed by atoms with Crippen LogP contribution >= 0.6 is 0 Å². The third kappa shape index (κ3) is 3.66. The van der Waals surface area contributed by atoms with E-state index in [1.807, 2.05) is 23.2 Å². The van der Waals surface area contributed by atoms with Gasteiger partial charge in [-0.05, 0) is 54.9 Å². The predicted octanol–water partition coefficient (Wildman–Crippen LogP) is 3.19. The van der Waals surface area contributed by atoms with E-state index in [0.717, 1.165) is 55.3 Å². The molecule has 28 heavy (non-hydrogen) atoms. The van der Waals surface area contributed by atoms with Gasteiger partial charge >= 0.3 is 0 Å². The molecule has 146 valence electrons. The minimum Gasteiger partial charge on any atom is -0.369 e. The van der Waals surface area contributed by atoms with Crippen LogP contribution in [0, 0.1) is 11.3 Å². The molecule has 0 spiro atoms. The first-order valence-electron chi connectivity index (χ1n) is 10.2. The van der Waals surface area contributed by atoms with Gasteiger partial charge in [0.15, 0.2) is 0 Å². The van der Waals surface area contributed by atoms with Crippen LogP contribution in [0.2, 0.25) is 0 Å². The molecule has 1 saturated heterocycles. The Labute approximate surface area is 165 Å². The second-order valence-corrected chi connectivity index (χ2v) is 8.25. The van der Waals surface area contributed by atoms with E-state index in [4.69, 9.17) is 5.73 Å². The molecule has 2 N–H and O–H groups in total. The van der Waals surface area contributed by atoms with E-state index in [1.54, 1.807) is 6.20 Å². The van der Waals surface area contributed by atoms with Crippen molar-refractivity contribution in [2.75, 3.05) is 13.1 Å². The van der Waals surface area contributed by atoms with Crippen LogP contribution < -0.4 is 5.73 Å². The van der Waals surface area contributed by atoms with Crippen LogP contribution in [0.4, 0.5) is 0 Å². The number of nitrogens with zero attached hydrogens (tertiary/aromatic N) is 2. The molecular formula is C23H27N3O2. The average molecular weight is 377 g/mol. The minimum absolute atomic E-state index is 0.155. The molecule has 2 aromatic rings. The van der Waals surface area contributed by atoms with E-state index in [1.165, 1.54) is 0 Å². The van der Waals surface area contributed by atoms with Gasteiger partial charge in [0.25, 0.3) is 0 Å². The first kappa shape index (κ1) is 18.7. The quantitative estimate of drug-likeness (QED) is 0.869. The Morgan fingerprint density at radius 1 is 1.11 bits per heavy atom. The number of benzene rings is 1. The Bertz CT molecular complexity index is 846. The number of hydrogen-bond acceptors (Lipinski definition) is 3. The van der Waals surface area contributed by atoms with Crippen LogP contribution in [0.3, 0.4) is 0 Å². The third-order valence-corrected chi connectivity index (χ3v) is 6.36. The lowest BCUT2D eigenvalue weighted by molar-refractivity contribution is -0.145. The van der Waals surface area contributed by atoms with E-state index in [0.29, 0.717) is 13.0 Å². The van der Waals surface area contributed by atoms with E-state index >= 15 is 0 Å². The highest BCUT2D eigenvalue weighted by Gasteiger charge is 2.43. The maximum Gasteiger partial charge on any atom is 0.225 e. The molecular weight excluding hydrogens is 350 g/mol. The lowest BCUT2D eigenvalue weighted by Crippen LogP contribution is -2.54. The number of carbonyl (C=O) groups is 2.